The number of hydrogen-bond donors (Lipinski definition) is 2. The van der Waals surface area contributed by atoms with E-state index in [0.717, 1.165) is 31.4 Å². The first-order valence-corrected chi connectivity index (χ1v) is 8.07. The summed E-state index contributed by atoms with van der Waals surface area (Å²) in [6, 6.07) is 6.28. The van der Waals surface area contributed by atoms with E-state index in [1.807, 2.05) is 0 Å². The number of anilines is 2. The number of aromatic nitrogens is 1. The molecule has 0 bridgehead atoms. The lowest BCUT2D eigenvalue weighted by Gasteiger charge is -2.10. The Bertz CT molecular complexity index is 699. The van der Waals surface area contributed by atoms with Gasteiger partial charge in [0, 0.05) is 18.4 Å². The fourth-order valence-electron chi connectivity index (χ4n) is 2.22. The van der Waals surface area contributed by atoms with Crippen molar-refractivity contribution < 1.29 is 18.0 Å². The third-order valence-corrected chi connectivity index (χ3v) is 3.57. The van der Waals surface area contributed by atoms with E-state index in [1.54, 1.807) is 6.07 Å². The molecule has 2 rings (SSSR count). The second-order valence-electron chi connectivity index (χ2n) is 5.63. The first kappa shape index (κ1) is 18.8. The number of carbonyl (C=O) groups is 1. The molecule has 0 radical (unpaired) electrons. The van der Waals surface area contributed by atoms with Gasteiger partial charge in [0.25, 0.3) is 5.91 Å². The standard InChI is InChI=1S/C18H20F3N3O/c1-2-3-4-9-23-17(25)13-10-16(12-22-11-13)24-15-7-5-14(6-8-15)18(19,20)21/h5-8,10-12,24H,2-4,9H2,1H3,(H,23,25). The van der Waals surface area contributed by atoms with E-state index in [4.69, 9.17) is 0 Å². The lowest BCUT2D eigenvalue weighted by molar-refractivity contribution is -0.137. The predicted molar refractivity (Wildman–Crippen MR) is 90.8 cm³/mol. The topological polar surface area (TPSA) is 54.0 Å². The molecular weight excluding hydrogens is 331 g/mol. The van der Waals surface area contributed by atoms with Gasteiger partial charge in [-0.25, -0.2) is 0 Å². The van der Waals surface area contributed by atoms with Crippen molar-refractivity contribution in [2.45, 2.75) is 32.4 Å². The Balaban J connectivity index is 2.00. The van der Waals surface area contributed by atoms with Gasteiger partial charge in [-0.2, -0.15) is 13.2 Å². The molecule has 0 unspecified atom stereocenters. The SMILES string of the molecule is CCCCCNC(=O)c1cncc(Nc2ccc(C(F)(F)F)cc2)c1. The average Bonchev–Trinajstić information content (AvgIpc) is 2.58. The summed E-state index contributed by atoms with van der Waals surface area (Å²) in [5, 5.41) is 5.76. The van der Waals surface area contributed by atoms with Crippen molar-refractivity contribution in [2.24, 2.45) is 0 Å². The number of nitrogens with zero attached hydrogens (tertiary/aromatic N) is 1. The molecule has 2 N–H and O–H groups in total. The van der Waals surface area contributed by atoms with Gasteiger partial charge >= 0.3 is 6.18 Å². The molecule has 0 saturated carbocycles. The highest BCUT2D eigenvalue weighted by Gasteiger charge is 2.29. The van der Waals surface area contributed by atoms with E-state index in [2.05, 4.69) is 22.5 Å². The normalized spacial score (nSPS) is 11.2. The minimum atomic E-state index is -4.37. The Labute approximate surface area is 144 Å². The fourth-order valence-corrected chi connectivity index (χ4v) is 2.22. The van der Waals surface area contributed by atoms with Crippen LogP contribution in [-0.2, 0) is 6.18 Å². The van der Waals surface area contributed by atoms with Crippen LogP contribution in [0.5, 0.6) is 0 Å². The number of carbonyl (C=O) groups excluding carboxylic acids is 1. The summed E-state index contributed by atoms with van der Waals surface area (Å²) in [7, 11) is 0. The number of nitrogens with one attached hydrogen (secondary N) is 2. The second kappa shape index (κ2) is 8.50. The zero-order valence-electron chi connectivity index (χ0n) is 13.9. The fraction of sp³-hybridized carbons (Fsp3) is 0.333. The number of halogens is 3. The number of alkyl halides is 3. The number of rotatable bonds is 7. The summed E-state index contributed by atoms with van der Waals surface area (Å²) in [6.07, 6.45) is 1.63. The number of pyridine rings is 1. The summed E-state index contributed by atoms with van der Waals surface area (Å²) in [4.78, 5) is 16.1. The molecule has 0 fully saturated rings. The highest BCUT2D eigenvalue weighted by atomic mass is 19.4. The summed E-state index contributed by atoms with van der Waals surface area (Å²) in [5.41, 5.74) is 0.695. The van der Waals surface area contributed by atoms with E-state index in [1.165, 1.54) is 24.5 Å². The maximum absolute atomic E-state index is 12.6. The van der Waals surface area contributed by atoms with Gasteiger partial charge in [-0.3, -0.25) is 9.78 Å². The van der Waals surface area contributed by atoms with Crippen molar-refractivity contribution >= 4 is 17.3 Å². The van der Waals surface area contributed by atoms with Crippen LogP contribution in [0.3, 0.4) is 0 Å². The van der Waals surface area contributed by atoms with Crippen molar-refractivity contribution in [1.29, 1.82) is 0 Å². The molecule has 0 aliphatic carbocycles. The minimum Gasteiger partial charge on any atom is -0.354 e. The van der Waals surface area contributed by atoms with Crippen LogP contribution >= 0.6 is 0 Å². The average molecular weight is 351 g/mol. The van der Waals surface area contributed by atoms with Gasteiger partial charge in [0.2, 0.25) is 0 Å². The molecule has 0 aliphatic heterocycles. The van der Waals surface area contributed by atoms with E-state index in [9.17, 15) is 18.0 Å². The Hall–Kier alpha value is -2.57. The zero-order valence-corrected chi connectivity index (χ0v) is 13.9. The van der Waals surface area contributed by atoms with Gasteiger partial charge < -0.3 is 10.6 Å². The van der Waals surface area contributed by atoms with Crippen LogP contribution in [0.2, 0.25) is 0 Å². The smallest absolute Gasteiger partial charge is 0.354 e. The third kappa shape index (κ3) is 5.77. The van der Waals surface area contributed by atoms with Crippen molar-refractivity contribution in [2.75, 3.05) is 11.9 Å². The molecule has 4 nitrogen and oxygen atoms in total. The molecule has 7 heteroatoms. The molecular formula is C18H20F3N3O. The Morgan fingerprint density at radius 1 is 1.08 bits per heavy atom. The van der Waals surface area contributed by atoms with Gasteiger partial charge in [-0.05, 0) is 36.8 Å². The van der Waals surface area contributed by atoms with E-state index in [0.29, 0.717) is 23.5 Å². The molecule has 0 spiro atoms. The molecule has 25 heavy (non-hydrogen) atoms. The van der Waals surface area contributed by atoms with Crippen molar-refractivity contribution in [1.82, 2.24) is 10.3 Å². The molecule has 1 amide bonds. The van der Waals surface area contributed by atoms with E-state index >= 15 is 0 Å². The number of hydrogen-bond acceptors (Lipinski definition) is 3. The van der Waals surface area contributed by atoms with E-state index < -0.39 is 11.7 Å². The second-order valence-corrected chi connectivity index (χ2v) is 5.63. The highest BCUT2D eigenvalue weighted by Crippen LogP contribution is 2.30. The van der Waals surface area contributed by atoms with Crippen molar-refractivity contribution in [3.63, 3.8) is 0 Å². The van der Waals surface area contributed by atoms with Crippen molar-refractivity contribution in [3.8, 4) is 0 Å². The zero-order chi connectivity index (χ0) is 18.3. The number of amides is 1. The molecule has 134 valence electrons. The summed E-state index contributed by atoms with van der Waals surface area (Å²) >= 11 is 0. The first-order chi connectivity index (χ1) is 11.9. The van der Waals surface area contributed by atoms with Gasteiger partial charge in [0.15, 0.2) is 0 Å². The lowest BCUT2D eigenvalue weighted by atomic mass is 10.2. The molecule has 0 aliphatic rings. The minimum absolute atomic E-state index is 0.223. The molecule has 1 aromatic carbocycles. The van der Waals surface area contributed by atoms with E-state index in [-0.39, 0.29) is 5.91 Å². The van der Waals surface area contributed by atoms with Gasteiger partial charge in [-0.1, -0.05) is 19.8 Å². The van der Waals surface area contributed by atoms with Crippen molar-refractivity contribution in [3.05, 3.63) is 53.9 Å². The largest absolute Gasteiger partial charge is 0.416 e. The Morgan fingerprint density at radius 3 is 2.44 bits per heavy atom. The third-order valence-electron chi connectivity index (χ3n) is 3.57. The van der Waals surface area contributed by atoms with Crippen LogP contribution in [0, 0.1) is 0 Å². The van der Waals surface area contributed by atoms with Crippen LogP contribution in [0.1, 0.15) is 42.1 Å². The molecule has 2 aromatic rings. The number of benzene rings is 1. The lowest BCUT2D eigenvalue weighted by Crippen LogP contribution is -2.24. The van der Waals surface area contributed by atoms with Crippen LogP contribution < -0.4 is 10.6 Å². The van der Waals surface area contributed by atoms with Crippen LogP contribution in [0.4, 0.5) is 24.5 Å². The van der Waals surface area contributed by atoms with Gasteiger partial charge in [-0.15, -0.1) is 0 Å². The van der Waals surface area contributed by atoms with Crippen LogP contribution in [0.15, 0.2) is 42.7 Å². The van der Waals surface area contributed by atoms with Gasteiger partial charge in [0.05, 0.1) is 23.0 Å². The summed E-state index contributed by atoms with van der Waals surface area (Å²) < 4.78 is 37.7. The van der Waals surface area contributed by atoms with Crippen LogP contribution in [0.25, 0.3) is 0 Å². The maximum atomic E-state index is 12.6. The molecule has 0 saturated heterocycles. The predicted octanol–water partition coefficient (Wildman–Crippen LogP) is 4.76. The first-order valence-electron chi connectivity index (χ1n) is 8.07. The van der Waals surface area contributed by atoms with Crippen LogP contribution in [-0.4, -0.2) is 17.4 Å². The maximum Gasteiger partial charge on any atom is 0.416 e. The highest BCUT2D eigenvalue weighted by molar-refractivity contribution is 5.94. The Kier molecular flexibility index (Phi) is 6.38. The monoisotopic (exact) mass is 351 g/mol. The molecule has 0 atom stereocenters. The summed E-state index contributed by atoms with van der Waals surface area (Å²) in [6.45, 7) is 2.69. The summed E-state index contributed by atoms with van der Waals surface area (Å²) in [5.74, 6) is -0.223. The molecule has 1 aromatic heterocycles. The number of unbranched alkanes of at least 4 members (excludes halogenated alkanes) is 2. The Morgan fingerprint density at radius 2 is 1.80 bits per heavy atom. The molecule has 1 heterocycles. The quantitative estimate of drug-likeness (QED) is 0.707. The van der Waals surface area contributed by atoms with Gasteiger partial charge in [0.1, 0.15) is 0 Å².